The number of hydrogen-bond donors (Lipinski definition) is 2. The molecule has 0 aliphatic carbocycles. The number of benzene rings is 1. The minimum absolute atomic E-state index is 0.0148. The van der Waals surface area contributed by atoms with Gasteiger partial charge < -0.3 is 20.3 Å². The number of nitrogens with one attached hydrogen (secondary N) is 2. The third-order valence-corrected chi connectivity index (χ3v) is 6.25. The topological polar surface area (TPSA) is 87.7 Å². The predicted molar refractivity (Wildman–Crippen MR) is 146 cm³/mol. The zero-order chi connectivity index (χ0) is 27.6. The van der Waals surface area contributed by atoms with Crippen LogP contribution < -0.4 is 10.6 Å². The number of aryl methyl sites for hydroxylation is 1. The molecule has 3 unspecified atom stereocenters. The van der Waals surface area contributed by atoms with E-state index < -0.39 is 23.8 Å². The molecule has 0 fully saturated rings. The van der Waals surface area contributed by atoms with Gasteiger partial charge in [0.2, 0.25) is 11.8 Å². The van der Waals surface area contributed by atoms with Crippen LogP contribution in [0.5, 0.6) is 0 Å². The van der Waals surface area contributed by atoms with Crippen molar-refractivity contribution in [2.45, 2.75) is 119 Å². The second-order valence-electron chi connectivity index (χ2n) is 11.1. The van der Waals surface area contributed by atoms with E-state index in [2.05, 4.69) is 24.5 Å². The average Bonchev–Trinajstić information content (AvgIpc) is 2.75. The molecular formula is C29H49N3O4. The molecule has 0 aliphatic rings. The molecular weight excluding hydrogens is 454 g/mol. The highest BCUT2D eigenvalue weighted by molar-refractivity contribution is 5.92. The molecule has 2 N–H and O–H groups in total. The third kappa shape index (κ3) is 9.47. The van der Waals surface area contributed by atoms with Crippen molar-refractivity contribution in [1.82, 2.24) is 15.5 Å². The lowest BCUT2D eigenvalue weighted by molar-refractivity contribution is -0.143. The van der Waals surface area contributed by atoms with Crippen LogP contribution in [0.2, 0.25) is 0 Å². The van der Waals surface area contributed by atoms with E-state index in [0.29, 0.717) is 6.54 Å². The fraction of sp³-hybridized carbons (Fsp3) is 0.690. The average molecular weight is 504 g/mol. The smallest absolute Gasteiger partial charge is 0.408 e. The lowest BCUT2D eigenvalue weighted by Crippen LogP contribution is -2.55. The molecule has 1 rings (SSSR count). The number of nitrogens with zero attached hydrogens (tertiary/aromatic N) is 1. The van der Waals surface area contributed by atoms with Gasteiger partial charge in [-0.1, -0.05) is 58.7 Å². The molecule has 0 spiro atoms. The Bertz CT molecular complexity index is 876. The van der Waals surface area contributed by atoms with Crippen LogP contribution in [0.1, 0.15) is 104 Å². The van der Waals surface area contributed by atoms with Crippen LogP contribution in [-0.4, -0.2) is 47.0 Å². The van der Waals surface area contributed by atoms with Gasteiger partial charge in [-0.25, -0.2) is 4.79 Å². The quantitative estimate of drug-likeness (QED) is 0.376. The summed E-state index contributed by atoms with van der Waals surface area (Å²) in [5.41, 5.74) is 2.16. The number of alkyl carbamates (subject to hydrolysis) is 1. The van der Waals surface area contributed by atoms with Crippen molar-refractivity contribution in [1.29, 1.82) is 0 Å². The molecule has 36 heavy (non-hydrogen) atoms. The minimum atomic E-state index is -0.829. The van der Waals surface area contributed by atoms with Gasteiger partial charge in [-0.15, -0.1) is 0 Å². The first-order valence-corrected chi connectivity index (χ1v) is 13.4. The maximum atomic E-state index is 14.1. The van der Waals surface area contributed by atoms with Crippen molar-refractivity contribution < 1.29 is 19.1 Å². The Labute approximate surface area is 218 Å². The fourth-order valence-electron chi connectivity index (χ4n) is 4.17. The van der Waals surface area contributed by atoms with Crippen molar-refractivity contribution in [3.8, 4) is 0 Å². The molecule has 7 heteroatoms. The molecule has 0 aliphatic heterocycles. The van der Waals surface area contributed by atoms with Gasteiger partial charge in [0.1, 0.15) is 17.7 Å². The molecule has 0 heterocycles. The molecule has 1 aromatic carbocycles. The van der Waals surface area contributed by atoms with Crippen molar-refractivity contribution in [3.05, 3.63) is 34.9 Å². The predicted octanol–water partition coefficient (Wildman–Crippen LogP) is 5.83. The van der Waals surface area contributed by atoms with E-state index in [1.807, 2.05) is 52.8 Å². The van der Waals surface area contributed by atoms with Gasteiger partial charge in [-0.2, -0.15) is 0 Å². The van der Waals surface area contributed by atoms with Crippen molar-refractivity contribution in [3.63, 3.8) is 0 Å². The molecule has 7 nitrogen and oxygen atoms in total. The van der Waals surface area contributed by atoms with Crippen LogP contribution in [0, 0.1) is 19.8 Å². The number of ether oxygens (including phenoxy) is 1. The Kier molecular flexibility index (Phi) is 12.4. The van der Waals surface area contributed by atoms with Gasteiger partial charge in [0.25, 0.3) is 0 Å². The number of amides is 3. The summed E-state index contributed by atoms with van der Waals surface area (Å²) < 4.78 is 5.44. The van der Waals surface area contributed by atoms with Crippen molar-refractivity contribution in [2.24, 2.45) is 5.92 Å². The second kappa shape index (κ2) is 14.2. The maximum Gasteiger partial charge on any atom is 0.408 e. The first-order valence-electron chi connectivity index (χ1n) is 13.4. The highest BCUT2D eigenvalue weighted by atomic mass is 16.6. The molecule has 0 saturated heterocycles. The maximum absolute atomic E-state index is 14.1. The summed E-state index contributed by atoms with van der Waals surface area (Å²) >= 11 is 0. The second-order valence-corrected chi connectivity index (χ2v) is 11.1. The number of rotatable bonds is 12. The first-order chi connectivity index (χ1) is 16.7. The summed E-state index contributed by atoms with van der Waals surface area (Å²) in [4.78, 5) is 42.2. The number of carbonyl (C=O) groups is 3. The first kappa shape index (κ1) is 31.5. The van der Waals surface area contributed by atoms with E-state index in [4.69, 9.17) is 4.74 Å². The van der Waals surface area contributed by atoms with Gasteiger partial charge in [0.05, 0.1) is 0 Å². The molecule has 3 atom stereocenters. The summed E-state index contributed by atoms with van der Waals surface area (Å²) in [5, 5.41) is 5.91. The molecule has 3 amide bonds. The van der Waals surface area contributed by atoms with E-state index in [9.17, 15) is 14.4 Å². The Balaban J connectivity index is 3.54. The van der Waals surface area contributed by atoms with E-state index in [-0.39, 0.29) is 23.8 Å². The Morgan fingerprint density at radius 3 is 2.17 bits per heavy atom. The number of unbranched alkanes of at least 4 members (excludes halogenated alkanes) is 1. The van der Waals surface area contributed by atoms with Crippen LogP contribution in [-0.2, 0) is 14.3 Å². The van der Waals surface area contributed by atoms with Crippen LogP contribution in [0.3, 0.4) is 0 Å². The van der Waals surface area contributed by atoms with Gasteiger partial charge in [-0.3, -0.25) is 9.59 Å². The lowest BCUT2D eigenvalue weighted by atomic mass is 9.93. The van der Waals surface area contributed by atoms with E-state index in [1.54, 1.807) is 25.7 Å². The molecule has 204 valence electrons. The van der Waals surface area contributed by atoms with Gasteiger partial charge in [0, 0.05) is 12.6 Å². The molecule has 0 bridgehead atoms. The molecule has 0 radical (unpaired) electrons. The van der Waals surface area contributed by atoms with E-state index in [0.717, 1.165) is 42.4 Å². The number of hydrogen-bond acceptors (Lipinski definition) is 4. The Hall–Kier alpha value is -2.57. The summed E-state index contributed by atoms with van der Waals surface area (Å²) in [6, 6.07) is 4.21. The van der Waals surface area contributed by atoms with Crippen LogP contribution >= 0.6 is 0 Å². The van der Waals surface area contributed by atoms with Crippen LogP contribution in [0.25, 0.3) is 0 Å². The minimum Gasteiger partial charge on any atom is -0.444 e. The highest BCUT2D eigenvalue weighted by Crippen LogP contribution is 2.28. The molecule has 1 aromatic rings. The zero-order valence-electron chi connectivity index (χ0n) is 24.2. The van der Waals surface area contributed by atoms with Crippen molar-refractivity contribution >= 4 is 17.9 Å². The zero-order valence-corrected chi connectivity index (χ0v) is 24.2. The Morgan fingerprint density at radius 1 is 1.00 bits per heavy atom. The standard InChI is InChI=1S/C29H49N3O4/c1-11-13-18-32(27(34)24(19(3)4)31-28(35)36-29(8,9)10)25(26(33)30-21(6)15-12-2)23-17-14-16-20(5)22(23)7/h14,16-17,19,21,24-25H,11-13,15,18H2,1-10H3,(H,30,33)(H,31,35). The third-order valence-electron chi connectivity index (χ3n) is 6.25. The monoisotopic (exact) mass is 503 g/mol. The van der Waals surface area contributed by atoms with Gasteiger partial charge in [-0.05, 0) is 77.0 Å². The number of carbonyl (C=O) groups excluding carboxylic acids is 3. The Morgan fingerprint density at radius 2 is 1.64 bits per heavy atom. The van der Waals surface area contributed by atoms with Crippen molar-refractivity contribution in [2.75, 3.05) is 6.54 Å². The van der Waals surface area contributed by atoms with Crippen LogP contribution in [0.4, 0.5) is 4.79 Å². The van der Waals surface area contributed by atoms with E-state index >= 15 is 0 Å². The van der Waals surface area contributed by atoms with Gasteiger partial charge in [0.15, 0.2) is 0 Å². The summed E-state index contributed by atoms with van der Waals surface area (Å²) in [7, 11) is 0. The fourth-order valence-corrected chi connectivity index (χ4v) is 4.17. The SMILES string of the molecule is CCCCN(C(=O)C(NC(=O)OC(C)(C)C)C(C)C)C(C(=O)NC(C)CCC)c1cccc(C)c1C. The lowest BCUT2D eigenvalue weighted by Gasteiger charge is -2.36. The molecule has 0 saturated carbocycles. The highest BCUT2D eigenvalue weighted by Gasteiger charge is 2.38. The van der Waals surface area contributed by atoms with E-state index in [1.165, 1.54) is 0 Å². The summed E-state index contributed by atoms with van der Waals surface area (Å²) in [6.45, 7) is 19.6. The largest absolute Gasteiger partial charge is 0.444 e. The summed E-state index contributed by atoms with van der Waals surface area (Å²) in [5.74, 6) is -0.683. The van der Waals surface area contributed by atoms with Gasteiger partial charge >= 0.3 is 6.09 Å². The molecule has 0 aromatic heterocycles. The summed E-state index contributed by atoms with van der Waals surface area (Å²) in [6.07, 6.45) is 2.76. The normalized spacial score (nSPS) is 14.1. The van der Waals surface area contributed by atoms with Crippen LogP contribution in [0.15, 0.2) is 18.2 Å².